The molecule has 0 radical (unpaired) electrons. The quantitative estimate of drug-likeness (QED) is 0.679. The second-order valence-corrected chi connectivity index (χ2v) is 6.44. The highest BCUT2D eigenvalue weighted by Gasteiger charge is 2.05. The molecule has 20 heavy (non-hydrogen) atoms. The number of aliphatic imine (C=N–C) groups is 1. The normalized spacial score (nSPS) is 11.2. The van der Waals surface area contributed by atoms with Crippen LogP contribution in [0.2, 0.25) is 5.02 Å². The van der Waals surface area contributed by atoms with Gasteiger partial charge < -0.3 is 5.11 Å². The lowest BCUT2D eigenvalue weighted by atomic mass is 10.1. The third-order valence-electron chi connectivity index (χ3n) is 2.73. The minimum atomic E-state index is 0.154. The molecule has 1 N–H and O–H groups in total. The average molecular weight is 418 g/mol. The van der Waals surface area contributed by atoms with Crippen LogP contribution in [0.3, 0.4) is 0 Å². The SMILES string of the molecule is Oc1c(Br)cc(Cl)cc1C=NCCc1ccc(Br)cc1. The van der Waals surface area contributed by atoms with Gasteiger partial charge in [0.25, 0.3) is 0 Å². The largest absolute Gasteiger partial charge is 0.506 e. The van der Waals surface area contributed by atoms with Crippen molar-refractivity contribution in [1.29, 1.82) is 0 Å². The van der Waals surface area contributed by atoms with Crippen molar-refractivity contribution in [2.24, 2.45) is 4.99 Å². The minimum absolute atomic E-state index is 0.154. The third kappa shape index (κ3) is 4.33. The highest BCUT2D eigenvalue weighted by Crippen LogP contribution is 2.30. The zero-order valence-electron chi connectivity index (χ0n) is 10.5. The van der Waals surface area contributed by atoms with Gasteiger partial charge in [-0.1, -0.05) is 39.7 Å². The first-order chi connectivity index (χ1) is 9.56. The predicted octanol–water partition coefficient (Wildman–Crippen LogP) is 5.23. The van der Waals surface area contributed by atoms with Gasteiger partial charge >= 0.3 is 0 Å². The summed E-state index contributed by atoms with van der Waals surface area (Å²) in [7, 11) is 0. The summed E-state index contributed by atoms with van der Waals surface area (Å²) in [4.78, 5) is 4.33. The van der Waals surface area contributed by atoms with E-state index in [1.807, 2.05) is 12.1 Å². The van der Waals surface area contributed by atoms with Crippen molar-refractivity contribution < 1.29 is 5.11 Å². The lowest BCUT2D eigenvalue weighted by Gasteiger charge is -2.03. The van der Waals surface area contributed by atoms with Gasteiger partial charge in [-0.25, -0.2) is 0 Å². The van der Waals surface area contributed by atoms with Crippen molar-refractivity contribution in [1.82, 2.24) is 0 Å². The van der Waals surface area contributed by atoms with Crippen molar-refractivity contribution in [3.8, 4) is 5.75 Å². The minimum Gasteiger partial charge on any atom is -0.506 e. The number of aromatic hydroxyl groups is 1. The maximum Gasteiger partial charge on any atom is 0.138 e. The molecule has 2 nitrogen and oxygen atoms in total. The van der Waals surface area contributed by atoms with E-state index >= 15 is 0 Å². The summed E-state index contributed by atoms with van der Waals surface area (Å²) in [6.45, 7) is 0.658. The molecule has 0 aliphatic rings. The van der Waals surface area contributed by atoms with E-state index < -0.39 is 0 Å². The molecule has 0 aliphatic heterocycles. The summed E-state index contributed by atoms with van der Waals surface area (Å²) >= 11 is 12.6. The number of hydrogen-bond acceptors (Lipinski definition) is 2. The maximum atomic E-state index is 9.87. The van der Waals surface area contributed by atoms with Crippen molar-refractivity contribution in [2.75, 3.05) is 6.54 Å². The summed E-state index contributed by atoms with van der Waals surface area (Å²) in [6, 6.07) is 11.5. The zero-order valence-corrected chi connectivity index (χ0v) is 14.4. The van der Waals surface area contributed by atoms with Crippen molar-refractivity contribution in [3.05, 3.63) is 61.5 Å². The molecule has 104 valence electrons. The molecule has 0 fully saturated rings. The van der Waals surface area contributed by atoms with Crippen LogP contribution in [0.25, 0.3) is 0 Å². The van der Waals surface area contributed by atoms with Crippen LogP contribution in [0, 0.1) is 0 Å². The molecular weight excluding hydrogens is 405 g/mol. The van der Waals surface area contributed by atoms with Crippen LogP contribution < -0.4 is 0 Å². The van der Waals surface area contributed by atoms with Crippen molar-refractivity contribution in [3.63, 3.8) is 0 Å². The highest BCUT2D eigenvalue weighted by atomic mass is 79.9. The Labute approximate surface area is 139 Å². The lowest BCUT2D eigenvalue weighted by Crippen LogP contribution is -1.91. The van der Waals surface area contributed by atoms with Gasteiger partial charge in [-0.05, 0) is 52.2 Å². The Morgan fingerprint density at radius 2 is 1.85 bits per heavy atom. The molecule has 0 atom stereocenters. The van der Waals surface area contributed by atoms with Gasteiger partial charge in [0.2, 0.25) is 0 Å². The summed E-state index contributed by atoms with van der Waals surface area (Å²) in [5, 5.41) is 10.4. The van der Waals surface area contributed by atoms with E-state index in [1.54, 1.807) is 18.3 Å². The topological polar surface area (TPSA) is 32.6 Å². The number of phenolic OH excluding ortho intramolecular Hbond substituents is 1. The Bertz CT molecular complexity index is 627. The van der Waals surface area contributed by atoms with E-state index in [2.05, 4.69) is 49.0 Å². The molecular formula is C15H12Br2ClNO. The molecule has 0 heterocycles. The first-order valence-corrected chi connectivity index (χ1v) is 7.95. The van der Waals surface area contributed by atoms with Gasteiger partial charge in [0.1, 0.15) is 5.75 Å². The number of hydrogen-bond donors (Lipinski definition) is 1. The molecule has 0 spiro atoms. The van der Waals surface area contributed by atoms with Gasteiger partial charge in [-0.3, -0.25) is 4.99 Å². The fraction of sp³-hybridized carbons (Fsp3) is 0.133. The molecule has 5 heteroatoms. The third-order valence-corrected chi connectivity index (χ3v) is 4.08. The number of phenols is 1. The number of rotatable bonds is 4. The Balaban J connectivity index is 1.98. The Morgan fingerprint density at radius 1 is 1.15 bits per heavy atom. The number of halogens is 3. The molecule has 2 aromatic rings. The first kappa shape index (κ1) is 15.5. The molecule has 0 unspecified atom stereocenters. The van der Waals surface area contributed by atoms with Crippen molar-refractivity contribution >= 4 is 49.7 Å². The maximum absolute atomic E-state index is 9.87. The highest BCUT2D eigenvalue weighted by molar-refractivity contribution is 9.10. The standard InChI is InChI=1S/C15H12Br2ClNO/c16-12-3-1-10(2-4-12)5-6-19-9-11-7-13(18)8-14(17)15(11)20/h1-4,7-9,20H,5-6H2. The Hall–Kier alpha value is -0.840. The summed E-state index contributed by atoms with van der Waals surface area (Å²) in [5.74, 6) is 0.154. The van der Waals surface area contributed by atoms with Crippen LogP contribution >= 0.6 is 43.5 Å². The van der Waals surface area contributed by atoms with E-state index in [9.17, 15) is 5.11 Å². The fourth-order valence-corrected chi connectivity index (χ4v) is 2.79. The number of benzene rings is 2. The summed E-state index contributed by atoms with van der Waals surface area (Å²) in [6.07, 6.45) is 2.50. The van der Waals surface area contributed by atoms with E-state index in [0.717, 1.165) is 10.9 Å². The number of nitrogens with zero attached hydrogens (tertiary/aromatic N) is 1. The molecule has 2 aromatic carbocycles. The van der Waals surface area contributed by atoms with E-state index in [0.29, 0.717) is 21.6 Å². The lowest BCUT2D eigenvalue weighted by molar-refractivity contribution is 0.471. The molecule has 0 bridgehead atoms. The van der Waals surface area contributed by atoms with Crippen LogP contribution in [-0.2, 0) is 6.42 Å². The first-order valence-electron chi connectivity index (χ1n) is 5.98. The van der Waals surface area contributed by atoms with Gasteiger partial charge in [0, 0.05) is 27.8 Å². The van der Waals surface area contributed by atoms with E-state index in [1.165, 1.54) is 5.56 Å². The predicted molar refractivity (Wildman–Crippen MR) is 91.1 cm³/mol. The summed E-state index contributed by atoms with van der Waals surface area (Å²) < 4.78 is 1.64. The second kappa shape index (κ2) is 7.25. The molecule has 0 saturated heterocycles. The molecule has 0 aromatic heterocycles. The van der Waals surface area contributed by atoms with Crippen LogP contribution in [0.1, 0.15) is 11.1 Å². The molecule has 0 saturated carbocycles. The Morgan fingerprint density at radius 3 is 2.55 bits per heavy atom. The molecule has 2 rings (SSSR count). The average Bonchev–Trinajstić information content (AvgIpc) is 2.42. The van der Waals surface area contributed by atoms with Crippen LogP contribution in [-0.4, -0.2) is 17.9 Å². The van der Waals surface area contributed by atoms with Gasteiger partial charge in [-0.2, -0.15) is 0 Å². The van der Waals surface area contributed by atoms with Crippen LogP contribution in [0.15, 0.2) is 50.3 Å². The molecule has 0 amide bonds. The smallest absolute Gasteiger partial charge is 0.138 e. The zero-order chi connectivity index (χ0) is 14.5. The summed E-state index contributed by atoms with van der Waals surface area (Å²) in [5.41, 5.74) is 1.84. The van der Waals surface area contributed by atoms with Crippen LogP contribution in [0.5, 0.6) is 5.75 Å². The van der Waals surface area contributed by atoms with Gasteiger partial charge in [0.15, 0.2) is 0 Å². The Kier molecular flexibility index (Phi) is 5.64. The monoisotopic (exact) mass is 415 g/mol. The fourth-order valence-electron chi connectivity index (χ4n) is 1.69. The van der Waals surface area contributed by atoms with Gasteiger partial charge in [-0.15, -0.1) is 0 Å². The van der Waals surface area contributed by atoms with Gasteiger partial charge in [0.05, 0.1) is 4.47 Å². The van der Waals surface area contributed by atoms with Crippen LogP contribution in [0.4, 0.5) is 0 Å². The van der Waals surface area contributed by atoms with Crippen molar-refractivity contribution in [2.45, 2.75) is 6.42 Å². The van der Waals surface area contributed by atoms with E-state index in [-0.39, 0.29) is 5.75 Å². The van der Waals surface area contributed by atoms with E-state index in [4.69, 9.17) is 11.6 Å². The molecule has 0 aliphatic carbocycles. The second-order valence-electron chi connectivity index (χ2n) is 4.24.